The van der Waals surface area contributed by atoms with Gasteiger partial charge in [-0.05, 0) is 166 Å². The average molecular weight is 1220 g/mol. The summed E-state index contributed by atoms with van der Waals surface area (Å²) in [4.78, 5) is 15.1. The zero-order chi connectivity index (χ0) is 61.1. The number of para-hydroxylation sites is 8. The predicted molar refractivity (Wildman–Crippen MR) is 398 cm³/mol. The molecule has 0 unspecified atom stereocenters. The molecule has 15 aromatic rings. The van der Waals surface area contributed by atoms with Crippen LogP contribution in [0.15, 0.2) is 343 Å². The standard InChI is InChI=1S/C84H55B2N5S2/c1-8-28-56(29-9-1)66-52-67-65-42-22-27-47-79(65)92-80(67)54-74(66)91-75-55-81-71(86-69-44-24-26-46-73(69)90(62-40-20-7-21-41-62)78-50-64(51-82(93-81)84(78)86)88(59-34-14-4-15-35-59)60-36-16-5-17-37-60)53-70(75)85-68-43-23-25-45-72(68)89(61-38-18-6-19-39-61)76-48-63(49-77(91)83(76)85)87(57-30-10-2-11-31-57)58-32-12-3-13-33-58/h1-55H. The van der Waals surface area contributed by atoms with Crippen LogP contribution in [-0.2, 0) is 0 Å². The van der Waals surface area contributed by atoms with Gasteiger partial charge in [0.1, 0.15) is 0 Å². The Hall–Kier alpha value is -11.2. The molecule has 0 radical (unpaired) electrons. The summed E-state index contributed by atoms with van der Waals surface area (Å²) >= 11 is 3.80. The van der Waals surface area contributed by atoms with Gasteiger partial charge in [0.25, 0.3) is 6.71 Å². The maximum absolute atomic E-state index is 2.68. The molecule has 9 heteroatoms. The van der Waals surface area contributed by atoms with Crippen molar-refractivity contribution in [3.8, 4) is 11.1 Å². The SMILES string of the molecule is c1ccc(-c2cc3c(cc2N2c4cc5c(cc4B4c6ccccc6N(c6ccccc6)c6cc(N(c7ccccc7)c7ccccc7)cc2c64)B2c4ccccc4N(c4ccccc4)c4cc(N(c6ccccc6)c6ccccc6)cc(c42)S5)sc2ccccc23)cc1. The van der Waals surface area contributed by atoms with Gasteiger partial charge >= 0.3 is 0 Å². The van der Waals surface area contributed by atoms with E-state index in [0.29, 0.717) is 0 Å². The van der Waals surface area contributed by atoms with Crippen LogP contribution in [0.25, 0.3) is 31.3 Å². The third-order valence-corrected chi connectivity index (χ3v) is 21.4. The number of nitrogens with zero attached hydrogens (tertiary/aromatic N) is 5. The van der Waals surface area contributed by atoms with Crippen LogP contribution in [0.2, 0.25) is 0 Å². The number of benzene rings is 14. The lowest BCUT2D eigenvalue weighted by atomic mass is 9.31. The first-order chi connectivity index (χ1) is 46.2. The van der Waals surface area contributed by atoms with Crippen molar-refractivity contribution < 1.29 is 0 Å². The lowest BCUT2D eigenvalue weighted by molar-refractivity contribution is 1.22. The number of hydrogen-bond acceptors (Lipinski definition) is 7. The lowest BCUT2D eigenvalue weighted by Crippen LogP contribution is -2.64. The van der Waals surface area contributed by atoms with Crippen molar-refractivity contribution in [2.75, 3.05) is 24.5 Å². The third-order valence-electron chi connectivity index (χ3n) is 19.2. The lowest BCUT2D eigenvalue weighted by Gasteiger charge is -2.46. The molecule has 5 heterocycles. The van der Waals surface area contributed by atoms with Crippen LogP contribution in [0.4, 0.5) is 85.3 Å². The third kappa shape index (κ3) is 8.58. The molecule has 0 spiro atoms. The Morgan fingerprint density at radius 1 is 0.258 bits per heavy atom. The molecular weight excluding hydrogens is 1160 g/mol. The fourth-order valence-corrected chi connectivity index (χ4v) is 17.7. The van der Waals surface area contributed by atoms with Gasteiger partial charge in [0.05, 0.1) is 11.4 Å². The Bertz CT molecular complexity index is 5330. The summed E-state index contributed by atoms with van der Waals surface area (Å²) in [6, 6.07) is 124. The summed E-state index contributed by atoms with van der Waals surface area (Å²) < 4.78 is 2.52. The summed E-state index contributed by atoms with van der Waals surface area (Å²) in [5.41, 5.74) is 26.9. The minimum Gasteiger partial charge on any atom is -0.311 e. The highest BCUT2D eigenvalue weighted by Gasteiger charge is 2.48. The Kier molecular flexibility index (Phi) is 12.5. The highest BCUT2D eigenvalue weighted by Crippen LogP contribution is 2.54. The van der Waals surface area contributed by atoms with Gasteiger partial charge in [-0.15, -0.1) is 11.3 Å². The van der Waals surface area contributed by atoms with Crippen molar-refractivity contribution in [3.63, 3.8) is 0 Å². The maximum Gasteiger partial charge on any atom is 0.252 e. The Balaban J connectivity index is 0.938. The van der Waals surface area contributed by atoms with Gasteiger partial charge in [0.15, 0.2) is 0 Å². The first kappa shape index (κ1) is 53.6. The molecule has 93 heavy (non-hydrogen) atoms. The minimum absolute atomic E-state index is 0.0971. The molecule has 0 saturated heterocycles. The molecule has 0 aliphatic carbocycles. The van der Waals surface area contributed by atoms with Crippen molar-refractivity contribution in [2.24, 2.45) is 0 Å². The molecule has 4 aliphatic rings. The fourth-order valence-electron chi connectivity index (χ4n) is 15.3. The fraction of sp³-hybridized carbons (Fsp3) is 0. The summed E-state index contributed by atoms with van der Waals surface area (Å²) in [5.74, 6) is 0. The van der Waals surface area contributed by atoms with E-state index in [9.17, 15) is 0 Å². The van der Waals surface area contributed by atoms with E-state index in [4.69, 9.17) is 0 Å². The van der Waals surface area contributed by atoms with Crippen LogP contribution < -0.4 is 57.3 Å². The van der Waals surface area contributed by atoms with Crippen molar-refractivity contribution in [1.29, 1.82) is 0 Å². The Labute approximate surface area is 550 Å². The Morgan fingerprint density at radius 2 is 0.699 bits per heavy atom. The van der Waals surface area contributed by atoms with Crippen LogP contribution >= 0.6 is 23.1 Å². The average Bonchev–Trinajstić information content (AvgIpc) is 0.968. The van der Waals surface area contributed by atoms with Gasteiger partial charge in [-0.25, -0.2) is 0 Å². The predicted octanol–water partition coefficient (Wildman–Crippen LogP) is 19.5. The summed E-state index contributed by atoms with van der Waals surface area (Å²) in [6.45, 7) is -0.259. The molecule has 4 aliphatic heterocycles. The van der Waals surface area contributed by atoms with Crippen molar-refractivity contribution in [2.45, 2.75) is 9.79 Å². The summed E-state index contributed by atoms with van der Waals surface area (Å²) in [5, 5.41) is 2.54. The van der Waals surface area contributed by atoms with E-state index in [1.807, 2.05) is 23.1 Å². The number of fused-ring (bicyclic) bond motifs is 11. The van der Waals surface area contributed by atoms with Gasteiger partial charge in [0.2, 0.25) is 6.71 Å². The summed E-state index contributed by atoms with van der Waals surface area (Å²) in [7, 11) is 0. The van der Waals surface area contributed by atoms with E-state index in [2.05, 4.69) is 358 Å². The van der Waals surface area contributed by atoms with Gasteiger partial charge in [-0.2, -0.15) is 0 Å². The molecule has 0 atom stereocenters. The van der Waals surface area contributed by atoms with E-state index in [1.165, 1.54) is 91.1 Å². The van der Waals surface area contributed by atoms with Crippen LogP contribution in [0.3, 0.4) is 0 Å². The molecule has 0 bridgehead atoms. The highest BCUT2D eigenvalue weighted by atomic mass is 32.2. The van der Waals surface area contributed by atoms with E-state index < -0.39 is 0 Å². The van der Waals surface area contributed by atoms with Crippen LogP contribution in [-0.4, -0.2) is 13.4 Å². The van der Waals surface area contributed by atoms with Crippen molar-refractivity contribution >= 4 is 175 Å². The van der Waals surface area contributed by atoms with Crippen LogP contribution in [0, 0.1) is 0 Å². The molecule has 0 amide bonds. The first-order valence-corrected chi connectivity index (χ1v) is 33.5. The van der Waals surface area contributed by atoms with Crippen molar-refractivity contribution in [3.05, 3.63) is 334 Å². The van der Waals surface area contributed by atoms with Crippen LogP contribution in [0.5, 0.6) is 0 Å². The molecule has 0 saturated carbocycles. The van der Waals surface area contributed by atoms with Gasteiger partial charge in [-0.3, -0.25) is 0 Å². The molecule has 14 aromatic carbocycles. The number of rotatable bonds is 10. The van der Waals surface area contributed by atoms with Gasteiger partial charge < -0.3 is 24.5 Å². The zero-order valence-corrected chi connectivity index (χ0v) is 52.1. The zero-order valence-electron chi connectivity index (χ0n) is 50.5. The van der Waals surface area contributed by atoms with Crippen LogP contribution in [0.1, 0.15) is 0 Å². The molecular formula is C84H55B2N5S2. The van der Waals surface area contributed by atoms with Gasteiger partial charge in [-0.1, -0.05) is 217 Å². The number of thiophene rings is 1. The molecule has 1 aromatic heterocycles. The van der Waals surface area contributed by atoms with Crippen molar-refractivity contribution in [1.82, 2.24) is 0 Å². The Morgan fingerprint density at radius 3 is 1.25 bits per heavy atom. The molecule has 0 N–H and O–H groups in total. The monoisotopic (exact) mass is 1220 g/mol. The quantitative estimate of drug-likeness (QED) is 0.126. The molecule has 19 rings (SSSR count). The first-order valence-electron chi connectivity index (χ1n) is 31.9. The normalized spacial score (nSPS) is 13.0. The number of hydrogen-bond donors (Lipinski definition) is 0. The van der Waals surface area contributed by atoms with Gasteiger partial charge in [0, 0.05) is 109 Å². The molecule has 0 fully saturated rings. The smallest absolute Gasteiger partial charge is 0.252 e. The highest BCUT2D eigenvalue weighted by molar-refractivity contribution is 8.00. The second-order valence-electron chi connectivity index (χ2n) is 24.3. The second kappa shape index (κ2) is 21.7. The molecule has 5 nitrogen and oxygen atoms in total. The number of anilines is 15. The van der Waals surface area contributed by atoms with E-state index >= 15 is 0 Å². The second-order valence-corrected chi connectivity index (χ2v) is 26.5. The van der Waals surface area contributed by atoms with E-state index in [1.54, 1.807) is 0 Å². The maximum atomic E-state index is 2.68. The molecule has 434 valence electrons. The largest absolute Gasteiger partial charge is 0.311 e. The minimum atomic E-state index is -0.162. The van der Waals surface area contributed by atoms with E-state index in [-0.39, 0.29) is 13.4 Å². The topological polar surface area (TPSA) is 16.2 Å². The van der Waals surface area contributed by atoms with E-state index in [0.717, 1.165) is 68.1 Å². The summed E-state index contributed by atoms with van der Waals surface area (Å²) in [6.07, 6.45) is 0.